The normalized spacial score (nSPS) is 16.5. The number of phenolic OH excluding ortho intramolecular Hbond substituents is 1. The van der Waals surface area contributed by atoms with Gasteiger partial charge in [0.05, 0.1) is 0 Å². The molecule has 1 aliphatic rings. The van der Waals surface area contributed by atoms with Gasteiger partial charge in [-0.1, -0.05) is 76.4 Å². The Hall–Kier alpha value is -1.76. The standard InChI is InChI=1S/C22H28O/c1-22(2,3)20-14-13-19(15-21(20)23)18-11-9-17(10-12-18)16-7-5-4-6-8-16/h9-16,23H,4-8H2,1-3H3. The Bertz CT molecular complexity index is 655. The number of benzene rings is 2. The van der Waals surface area contributed by atoms with Gasteiger partial charge in [0.15, 0.2) is 0 Å². The molecule has 0 unspecified atom stereocenters. The minimum absolute atomic E-state index is 0.0343. The molecule has 0 saturated heterocycles. The van der Waals surface area contributed by atoms with Crippen LogP contribution < -0.4 is 0 Å². The smallest absolute Gasteiger partial charge is 0.119 e. The monoisotopic (exact) mass is 308 g/mol. The maximum atomic E-state index is 10.3. The van der Waals surface area contributed by atoms with E-state index in [1.165, 1.54) is 43.2 Å². The summed E-state index contributed by atoms with van der Waals surface area (Å²) in [6, 6.07) is 15.0. The van der Waals surface area contributed by atoms with Gasteiger partial charge in [0, 0.05) is 0 Å². The van der Waals surface area contributed by atoms with Crippen molar-refractivity contribution in [3.8, 4) is 16.9 Å². The van der Waals surface area contributed by atoms with Crippen LogP contribution in [0.1, 0.15) is 69.9 Å². The molecule has 122 valence electrons. The van der Waals surface area contributed by atoms with Crippen LogP contribution in [0, 0.1) is 0 Å². The zero-order chi connectivity index (χ0) is 16.4. The lowest BCUT2D eigenvalue weighted by Crippen LogP contribution is -2.11. The van der Waals surface area contributed by atoms with Crippen molar-refractivity contribution in [3.63, 3.8) is 0 Å². The first-order valence-corrected chi connectivity index (χ1v) is 8.89. The third-order valence-electron chi connectivity index (χ3n) is 5.13. The fourth-order valence-electron chi connectivity index (χ4n) is 3.73. The molecule has 0 heterocycles. The lowest BCUT2D eigenvalue weighted by Gasteiger charge is -2.22. The van der Waals surface area contributed by atoms with E-state index in [9.17, 15) is 5.11 Å². The van der Waals surface area contributed by atoms with Gasteiger partial charge in [-0.2, -0.15) is 0 Å². The first-order valence-electron chi connectivity index (χ1n) is 8.89. The zero-order valence-electron chi connectivity index (χ0n) is 14.6. The van der Waals surface area contributed by atoms with Crippen LogP contribution in [-0.2, 0) is 5.41 Å². The molecule has 1 heteroatoms. The topological polar surface area (TPSA) is 20.2 Å². The molecule has 1 aliphatic carbocycles. The van der Waals surface area contributed by atoms with Gasteiger partial charge in [-0.15, -0.1) is 0 Å². The molecule has 0 aromatic heterocycles. The molecule has 1 fully saturated rings. The van der Waals surface area contributed by atoms with Crippen LogP contribution in [0.2, 0.25) is 0 Å². The molecule has 2 aromatic rings. The number of hydrogen-bond acceptors (Lipinski definition) is 1. The van der Waals surface area contributed by atoms with Crippen LogP contribution in [-0.4, -0.2) is 5.11 Å². The molecular formula is C22H28O. The van der Waals surface area contributed by atoms with E-state index >= 15 is 0 Å². The number of hydrogen-bond donors (Lipinski definition) is 1. The Balaban J connectivity index is 1.83. The van der Waals surface area contributed by atoms with E-state index in [0.717, 1.165) is 17.0 Å². The summed E-state index contributed by atoms with van der Waals surface area (Å²) in [6.07, 6.45) is 6.80. The van der Waals surface area contributed by atoms with Gasteiger partial charge in [0.2, 0.25) is 0 Å². The van der Waals surface area contributed by atoms with Crippen molar-refractivity contribution in [2.45, 2.75) is 64.2 Å². The summed E-state index contributed by atoms with van der Waals surface area (Å²) in [4.78, 5) is 0. The van der Waals surface area contributed by atoms with Gasteiger partial charge in [0.1, 0.15) is 5.75 Å². The molecule has 0 aliphatic heterocycles. The lowest BCUT2D eigenvalue weighted by atomic mass is 9.83. The Labute approximate surface area is 140 Å². The molecule has 1 saturated carbocycles. The number of aromatic hydroxyl groups is 1. The van der Waals surface area contributed by atoms with Gasteiger partial charge in [-0.05, 0) is 52.5 Å². The molecule has 23 heavy (non-hydrogen) atoms. The Morgan fingerprint density at radius 1 is 0.826 bits per heavy atom. The fourth-order valence-corrected chi connectivity index (χ4v) is 3.73. The molecular weight excluding hydrogens is 280 g/mol. The zero-order valence-corrected chi connectivity index (χ0v) is 14.6. The van der Waals surface area contributed by atoms with Crippen molar-refractivity contribution in [1.29, 1.82) is 0 Å². The quantitative estimate of drug-likeness (QED) is 0.680. The van der Waals surface area contributed by atoms with Crippen LogP contribution in [0.25, 0.3) is 11.1 Å². The third kappa shape index (κ3) is 3.60. The highest BCUT2D eigenvalue weighted by atomic mass is 16.3. The van der Waals surface area contributed by atoms with Gasteiger partial charge < -0.3 is 5.11 Å². The van der Waals surface area contributed by atoms with E-state index in [-0.39, 0.29) is 5.41 Å². The molecule has 1 N–H and O–H groups in total. The van der Waals surface area contributed by atoms with E-state index in [4.69, 9.17) is 0 Å². The summed E-state index contributed by atoms with van der Waals surface area (Å²) in [7, 11) is 0. The van der Waals surface area contributed by atoms with E-state index in [2.05, 4.69) is 57.2 Å². The summed E-state index contributed by atoms with van der Waals surface area (Å²) in [5.41, 5.74) is 4.71. The highest BCUT2D eigenvalue weighted by molar-refractivity contribution is 5.66. The maximum Gasteiger partial charge on any atom is 0.119 e. The fraction of sp³-hybridized carbons (Fsp3) is 0.455. The first-order chi connectivity index (χ1) is 10.9. The number of phenols is 1. The van der Waals surface area contributed by atoms with Crippen molar-refractivity contribution in [2.75, 3.05) is 0 Å². The maximum absolute atomic E-state index is 10.3. The molecule has 1 nitrogen and oxygen atoms in total. The molecule has 0 bridgehead atoms. The van der Waals surface area contributed by atoms with Crippen molar-refractivity contribution in [1.82, 2.24) is 0 Å². The van der Waals surface area contributed by atoms with Crippen molar-refractivity contribution >= 4 is 0 Å². The minimum atomic E-state index is -0.0343. The molecule has 0 radical (unpaired) electrons. The predicted octanol–water partition coefficient (Wildman–Crippen LogP) is 6.40. The Kier molecular flexibility index (Phi) is 4.48. The molecule has 0 spiro atoms. The molecule has 0 amide bonds. The second-order valence-electron chi connectivity index (χ2n) is 7.94. The summed E-state index contributed by atoms with van der Waals surface area (Å²) in [5, 5.41) is 10.3. The second kappa shape index (κ2) is 6.39. The van der Waals surface area contributed by atoms with Crippen LogP contribution >= 0.6 is 0 Å². The highest BCUT2D eigenvalue weighted by Crippen LogP contribution is 2.36. The van der Waals surface area contributed by atoms with Crippen LogP contribution in [0.5, 0.6) is 5.75 Å². The SMILES string of the molecule is CC(C)(C)c1ccc(-c2ccc(C3CCCCC3)cc2)cc1O. The number of rotatable bonds is 2. The van der Waals surface area contributed by atoms with Gasteiger partial charge in [-0.3, -0.25) is 0 Å². The minimum Gasteiger partial charge on any atom is -0.508 e. The van der Waals surface area contributed by atoms with Crippen molar-refractivity contribution < 1.29 is 5.11 Å². The second-order valence-corrected chi connectivity index (χ2v) is 7.94. The molecule has 3 rings (SSSR count). The average molecular weight is 308 g/mol. The van der Waals surface area contributed by atoms with Crippen molar-refractivity contribution in [3.05, 3.63) is 53.6 Å². The lowest BCUT2D eigenvalue weighted by molar-refractivity contribution is 0.443. The Morgan fingerprint density at radius 3 is 2.00 bits per heavy atom. The summed E-state index contributed by atoms with van der Waals surface area (Å²) >= 11 is 0. The summed E-state index contributed by atoms with van der Waals surface area (Å²) in [6.45, 7) is 6.38. The molecule has 0 atom stereocenters. The van der Waals surface area contributed by atoms with E-state index < -0.39 is 0 Å². The highest BCUT2D eigenvalue weighted by Gasteiger charge is 2.18. The van der Waals surface area contributed by atoms with E-state index in [1.54, 1.807) is 0 Å². The van der Waals surface area contributed by atoms with Crippen LogP contribution in [0.3, 0.4) is 0 Å². The van der Waals surface area contributed by atoms with Crippen molar-refractivity contribution in [2.24, 2.45) is 0 Å². The van der Waals surface area contributed by atoms with Gasteiger partial charge >= 0.3 is 0 Å². The molecule has 2 aromatic carbocycles. The van der Waals surface area contributed by atoms with E-state index in [1.807, 2.05) is 6.07 Å². The Morgan fingerprint density at radius 2 is 1.43 bits per heavy atom. The predicted molar refractivity (Wildman–Crippen MR) is 98.1 cm³/mol. The van der Waals surface area contributed by atoms with Gasteiger partial charge in [-0.25, -0.2) is 0 Å². The largest absolute Gasteiger partial charge is 0.508 e. The van der Waals surface area contributed by atoms with Crippen LogP contribution in [0.15, 0.2) is 42.5 Å². The van der Waals surface area contributed by atoms with E-state index in [0.29, 0.717) is 5.75 Å². The summed E-state index contributed by atoms with van der Waals surface area (Å²) < 4.78 is 0. The first kappa shape index (κ1) is 16.1. The van der Waals surface area contributed by atoms with Gasteiger partial charge in [0.25, 0.3) is 0 Å². The van der Waals surface area contributed by atoms with Crippen LogP contribution in [0.4, 0.5) is 0 Å². The average Bonchev–Trinajstić information content (AvgIpc) is 2.54. The third-order valence-corrected chi connectivity index (χ3v) is 5.13. The summed E-state index contributed by atoms with van der Waals surface area (Å²) in [5.74, 6) is 1.14.